The summed E-state index contributed by atoms with van der Waals surface area (Å²) in [5.41, 5.74) is 1.31. The Morgan fingerprint density at radius 2 is 1.81 bits per heavy atom. The minimum absolute atomic E-state index is 0. The number of piperazine rings is 1. The number of nitrogens with zero attached hydrogens (tertiary/aromatic N) is 6. The molecule has 1 aliphatic carbocycles. The van der Waals surface area contributed by atoms with Crippen molar-refractivity contribution in [3.63, 3.8) is 0 Å². The maximum absolute atomic E-state index is 4.53. The molecule has 7 nitrogen and oxygen atoms in total. The van der Waals surface area contributed by atoms with Gasteiger partial charge in [0.2, 0.25) is 0 Å². The number of nitrogens with one attached hydrogen (secondary N) is 1. The molecule has 1 N–H and O–H groups in total. The minimum atomic E-state index is 0. The summed E-state index contributed by atoms with van der Waals surface area (Å²) >= 11 is 1.71. The van der Waals surface area contributed by atoms with Crippen molar-refractivity contribution in [3.05, 3.63) is 36.2 Å². The van der Waals surface area contributed by atoms with Gasteiger partial charge in [0.05, 0.1) is 0 Å². The van der Waals surface area contributed by atoms with Gasteiger partial charge in [-0.25, -0.2) is 0 Å². The minimum Gasteiger partial charge on any atom is -0.368 e. The number of guanidine groups is 1. The van der Waals surface area contributed by atoms with Crippen molar-refractivity contribution in [2.75, 3.05) is 50.9 Å². The molecule has 4 rings (SSSR count). The van der Waals surface area contributed by atoms with Crippen molar-refractivity contribution in [2.24, 2.45) is 4.99 Å². The van der Waals surface area contributed by atoms with Crippen LogP contribution in [-0.4, -0.2) is 71.7 Å². The summed E-state index contributed by atoms with van der Waals surface area (Å²) in [5.74, 6) is 2.15. The van der Waals surface area contributed by atoms with Crippen LogP contribution < -0.4 is 10.2 Å². The number of rotatable bonds is 7. The first-order valence-corrected chi connectivity index (χ1v) is 12.8. The summed E-state index contributed by atoms with van der Waals surface area (Å²) in [6.07, 6.45) is 9.26. The molecule has 0 radical (unpaired) electrons. The molecule has 0 unspecified atom stereocenters. The Balaban J connectivity index is 0.00000289. The molecule has 1 saturated heterocycles. The number of benzene rings is 1. The number of aliphatic imine (C=N–C) groups is 1. The first-order valence-electron chi connectivity index (χ1n) is 11.5. The summed E-state index contributed by atoms with van der Waals surface area (Å²) in [5, 5.41) is 13.6. The van der Waals surface area contributed by atoms with Crippen LogP contribution >= 0.6 is 35.7 Å². The van der Waals surface area contributed by atoms with Crippen LogP contribution in [0.2, 0.25) is 0 Å². The van der Waals surface area contributed by atoms with Crippen LogP contribution in [0.4, 0.5) is 5.69 Å². The molecule has 1 saturated carbocycles. The Morgan fingerprint density at radius 3 is 2.47 bits per heavy atom. The summed E-state index contributed by atoms with van der Waals surface area (Å²) in [6.45, 7) is 4.92. The first kappa shape index (κ1) is 25.1. The zero-order chi connectivity index (χ0) is 21.5. The van der Waals surface area contributed by atoms with Gasteiger partial charge in [-0.2, -0.15) is 0 Å². The second-order valence-corrected chi connectivity index (χ2v) is 9.07. The molecule has 0 bridgehead atoms. The number of halogens is 1. The largest absolute Gasteiger partial charge is 0.368 e. The number of para-hydroxylation sites is 1. The number of aryl methyl sites for hydroxylation is 1. The molecule has 0 atom stereocenters. The van der Waals surface area contributed by atoms with Crippen molar-refractivity contribution < 1.29 is 0 Å². The van der Waals surface area contributed by atoms with Crippen LogP contribution in [0.25, 0.3) is 0 Å². The normalized spacial score (nSPS) is 17.5. The third-order valence-corrected chi connectivity index (χ3v) is 7.02. The highest BCUT2D eigenvalue weighted by Crippen LogP contribution is 2.33. The van der Waals surface area contributed by atoms with E-state index in [4.69, 9.17) is 0 Å². The lowest BCUT2D eigenvalue weighted by Gasteiger charge is -2.37. The molecule has 2 heterocycles. The fraction of sp³-hybridized carbons (Fsp3) is 0.609. The molecule has 1 aliphatic heterocycles. The van der Waals surface area contributed by atoms with E-state index in [0.717, 1.165) is 62.5 Å². The van der Waals surface area contributed by atoms with Crippen LogP contribution in [0, 0.1) is 0 Å². The van der Waals surface area contributed by atoms with Gasteiger partial charge in [-0.15, -0.1) is 34.2 Å². The lowest BCUT2D eigenvalue weighted by Crippen LogP contribution is -2.52. The van der Waals surface area contributed by atoms with Crippen LogP contribution in [0.15, 0.2) is 40.5 Å². The summed E-state index contributed by atoms with van der Waals surface area (Å²) in [4.78, 5) is 9.34. The molecule has 2 aromatic rings. The van der Waals surface area contributed by atoms with Gasteiger partial charge >= 0.3 is 0 Å². The molecule has 0 amide bonds. The van der Waals surface area contributed by atoms with Gasteiger partial charge < -0.3 is 19.7 Å². The second kappa shape index (κ2) is 12.7. The first-order chi connectivity index (χ1) is 15.3. The molecule has 2 fully saturated rings. The van der Waals surface area contributed by atoms with Gasteiger partial charge in [0, 0.05) is 57.9 Å². The molecule has 1 aromatic carbocycles. The third kappa shape index (κ3) is 6.09. The van der Waals surface area contributed by atoms with Gasteiger partial charge in [-0.1, -0.05) is 42.8 Å². The lowest BCUT2D eigenvalue weighted by atomic mass is 10.2. The van der Waals surface area contributed by atoms with Gasteiger partial charge in [-0.05, 0) is 37.7 Å². The highest BCUT2D eigenvalue weighted by molar-refractivity contribution is 14.0. The standard InChI is InChI=1S/C23H35N7S.HI/c1-24-22(29-17-15-28(16-18-29)19-9-4-3-5-10-19)25-14-8-13-21-26-27-23(31-2)30(21)20-11-6-7-12-20;/h3-5,9-10,20H,6-8,11-18H2,1-2H3,(H,24,25);1H. The number of hydrogen-bond donors (Lipinski definition) is 1. The molecule has 32 heavy (non-hydrogen) atoms. The van der Waals surface area contributed by atoms with Gasteiger partial charge in [-0.3, -0.25) is 4.99 Å². The number of thioether (sulfide) groups is 1. The van der Waals surface area contributed by atoms with Crippen LogP contribution in [0.5, 0.6) is 0 Å². The number of aromatic nitrogens is 3. The maximum Gasteiger partial charge on any atom is 0.193 e. The van der Waals surface area contributed by atoms with Gasteiger partial charge in [0.15, 0.2) is 11.1 Å². The zero-order valence-corrected chi connectivity index (χ0v) is 22.4. The number of anilines is 1. The van der Waals surface area contributed by atoms with E-state index in [1.807, 2.05) is 7.05 Å². The summed E-state index contributed by atoms with van der Waals surface area (Å²) in [6, 6.07) is 11.3. The molecule has 9 heteroatoms. The third-order valence-electron chi connectivity index (χ3n) is 6.38. The molecule has 1 aromatic heterocycles. The predicted octanol–water partition coefficient (Wildman–Crippen LogP) is 4.06. The van der Waals surface area contributed by atoms with E-state index in [9.17, 15) is 0 Å². The maximum atomic E-state index is 4.53. The molecule has 0 spiro atoms. The summed E-state index contributed by atoms with van der Waals surface area (Å²) in [7, 11) is 1.88. The smallest absolute Gasteiger partial charge is 0.193 e. The zero-order valence-electron chi connectivity index (χ0n) is 19.2. The van der Waals surface area contributed by atoms with E-state index >= 15 is 0 Å². The van der Waals surface area contributed by atoms with Gasteiger partial charge in [0.25, 0.3) is 0 Å². The molecule has 2 aliphatic rings. The van der Waals surface area contributed by atoms with Gasteiger partial charge in [0.1, 0.15) is 5.82 Å². The van der Waals surface area contributed by atoms with Crippen molar-refractivity contribution in [3.8, 4) is 0 Å². The molecule has 176 valence electrons. The molecular formula is C23H36IN7S. The highest BCUT2D eigenvalue weighted by atomic mass is 127. The Bertz CT molecular complexity index is 843. The van der Waals surface area contributed by atoms with E-state index in [-0.39, 0.29) is 24.0 Å². The van der Waals surface area contributed by atoms with Crippen molar-refractivity contribution >= 4 is 47.4 Å². The summed E-state index contributed by atoms with van der Waals surface area (Å²) < 4.78 is 2.41. The van der Waals surface area contributed by atoms with Crippen molar-refractivity contribution in [2.45, 2.75) is 49.7 Å². The number of hydrogen-bond acceptors (Lipinski definition) is 5. The van der Waals surface area contributed by atoms with Crippen molar-refractivity contribution in [1.29, 1.82) is 0 Å². The average Bonchev–Trinajstić information content (AvgIpc) is 3.49. The van der Waals surface area contributed by atoms with Crippen LogP contribution in [0.1, 0.15) is 44.0 Å². The Morgan fingerprint density at radius 1 is 1.09 bits per heavy atom. The van der Waals surface area contributed by atoms with E-state index in [0.29, 0.717) is 6.04 Å². The van der Waals surface area contributed by atoms with Crippen LogP contribution in [0.3, 0.4) is 0 Å². The fourth-order valence-corrected chi connectivity index (χ4v) is 5.31. The monoisotopic (exact) mass is 569 g/mol. The Hall–Kier alpha value is -1.49. The van der Waals surface area contributed by atoms with Crippen molar-refractivity contribution in [1.82, 2.24) is 25.0 Å². The van der Waals surface area contributed by atoms with E-state index in [1.54, 1.807) is 11.8 Å². The lowest BCUT2D eigenvalue weighted by molar-refractivity contribution is 0.372. The Kier molecular flexibility index (Phi) is 9.95. The average molecular weight is 570 g/mol. The van der Waals surface area contributed by atoms with Crippen LogP contribution in [-0.2, 0) is 6.42 Å². The molecular weight excluding hydrogens is 533 g/mol. The second-order valence-electron chi connectivity index (χ2n) is 8.30. The van der Waals surface area contributed by atoms with E-state index < -0.39 is 0 Å². The highest BCUT2D eigenvalue weighted by Gasteiger charge is 2.23. The van der Waals surface area contributed by atoms with E-state index in [1.165, 1.54) is 31.4 Å². The quantitative estimate of drug-likeness (QED) is 0.179. The Labute approximate surface area is 213 Å². The van der Waals surface area contributed by atoms with E-state index in [2.05, 4.69) is 71.5 Å². The fourth-order valence-electron chi connectivity index (χ4n) is 4.74. The topological polar surface area (TPSA) is 61.6 Å². The predicted molar refractivity (Wildman–Crippen MR) is 145 cm³/mol. The SMILES string of the molecule is CN=C(NCCCc1nnc(SC)n1C1CCCC1)N1CCN(c2ccccc2)CC1.I.